The number of aromatic hydroxyl groups is 1. The normalized spacial score (nSPS) is 11.3. The maximum atomic E-state index is 13.0. The number of hydrogen-bond acceptors (Lipinski definition) is 7. The number of phenols is 1. The minimum absolute atomic E-state index is 0.0469. The molecule has 0 spiro atoms. The molecule has 0 bridgehead atoms. The number of hydrogen-bond donors (Lipinski definition) is 3. The fourth-order valence-corrected chi connectivity index (χ4v) is 3.00. The molecule has 3 aromatic carbocycles. The van der Waals surface area contributed by atoms with E-state index in [0.29, 0.717) is 11.1 Å². The lowest BCUT2D eigenvalue weighted by Gasteiger charge is -2.27. The van der Waals surface area contributed by atoms with Crippen LogP contribution in [0.2, 0.25) is 0 Å². The quantitative estimate of drug-likeness (QED) is 0.305. The summed E-state index contributed by atoms with van der Waals surface area (Å²) in [7, 11) is 1.32. The van der Waals surface area contributed by atoms with Crippen LogP contribution in [0, 0.1) is 10.1 Å². The van der Waals surface area contributed by atoms with Crippen molar-refractivity contribution >= 4 is 17.8 Å². The SMILES string of the molecule is COc1cc(/C=N\NC(=O)C(O)(c2ccccc2)c2ccccc2)c(O)c([N+](=O)[O-])c1. The molecule has 0 fully saturated rings. The van der Waals surface area contributed by atoms with Crippen LogP contribution in [0.15, 0.2) is 77.9 Å². The fourth-order valence-electron chi connectivity index (χ4n) is 3.00. The number of nitrogens with one attached hydrogen (secondary N) is 1. The van der Waals surface area contributed by atoms with E-state index in [0.717, 1.165) is 12.3 Å². The Morgan fingerprint density at radius 2 is 1.65 bits per heavy atom. The summed E-state index contributed by atoms with van der Waals surface area (Å²) in [6.45, 7) is 0. The highest BCUT2D eigenvalue weighted by molar-refractivity contribution is 5.92. The molecule has 0 aromatic heterocycles. The van der Waals surface area contributed by atoms with E-state index in [-0.39, 0.29) is 11.3 Å². The summed E-state index contributed by atoms with van der Waals surface area (Å²) in [6, 6.07) is 19.1. The number of amides is 1. The van der Waals surface area contributed by atoms with Crippen molar-refractivity contribution in [2.45, 2.75) is 5.60 Å². The third kappa shape index (κ3) is 4.36. The van der Waals surface area contributed by atoms with Crippen molar-refractivity contribution in [1.82, 2.24) is 5.43 Å². The van der Waals surface area contributed by atoms with E-state index in [1.54, 1.807) is 60.7 Å². The zero-order valence-electron chi connectivity index (χ0n) is 16.4. The first-order valence-electron chi connectivity index (χ1n) is 9.10. The predicted octanol–water partition coefficient (Wildman–Crippen LogP) is 2.70. The number of hydrazone groups is 1. The molecule has 3 rings (SSSR count). The Labute approximate surface area is 177 Å². The van der Waals surface area contributed by atoms with Crippen molar-refractivity contribution in [3.63, 3.8) is 0 Å². The van der Waals surface area contributed by atoms with Gasteiger partial charge in [0.05, 0.1) is 24.3 Å². The van der Waals surface area contributed by atoms with Gasteiger partial charge < -0.3 is 14.9 Å². The van der Waals surface area contributed by atoms with Crippen LogP contribution in [-0.4, -0.2) is 34.4 Å². The van der Waals surface area contributed by atoms with E-state index in [1.807, 2.05) is 0 Å². The Hall–Kier alpha value is -4.24. The predicted molar refractivity (Wildman–Crippen MR) is 113 cm³/mol. The van der Waals surface area contributed by atoms with E-state index < -0.39 is 27.9 Å². The molecule has 0 aliphatic rings. The van der Waals surface area contributed by atoms with Gasteiger partial charge in [-0.25, -0.2) is 5.43 Å². The lowest BCUT2D eigenvalue weighted by Crippen LogP contribution is -2.43. The molecule has 31 heavy (non-hydrogen) atoms. The highest BCUT2D eigenvalue weighted by atomic mass is 16.6. The Balaban J connectivity index is 1.93. The maximum absolute atomic E-state index is 13.0. The molecule has 0 aliphatic carbocycles. The summed E-state index contributed by atoms with van der Waals surface area (Å²) in [6.07, 6.45) is 1.03. The van der Waals surface area contributed by atoms with Crippen LogP contribution < -0.4 is 10.2 Å². The summed E-state index contributed by atoms with van der Waals surface area (Å²) in [5.74, 6) is -1.36. The maximum Gasteiger partial charge on any atom is 0.315 e. The van der Waals surface area contributed by atoms with E-state index in [4.69, 9.17) is 4.74 Å². The molecule has 0 saturated heterocycles. The number of nitro benzene ring substituents is 1. The highest BCUT2D eigenvalue weighted by Crippen LogP contribution is 2.33. The first-order valence-corrected chi connectivity index (χ1v) is 9.10. The average molecular weight is 421 g/mol. The molecule has 9 nitrogen and oxygen atoms in total. The second-order valence-corrected chi connectivity index (χ2v) is 6.48. The fraction of sp³-hybridized carbons (Fsp3) is 0.0909. The van der Waals surface area contributed by atoms with Gasteiger partial charge in [0.1, 0.15) is 5.75 Å². The van der Waals surface area contributed by atoms with Crippen molar-refractivity contribution in [3.8, 4) is 11.5 Å². The monoisotopic (exact) mass is 421 g/mol. The van der Waals surface area contributed by atoms with E-state index >= 15 is 0 Å². The van der Waals surface area contributed by atoms with Gasteiger partial charge in [-0.1, -0.05) is 60.7 Å². The van der Waals surface area contributed by atoms with Crippen molar-refractivity contribution < 1.29 is 24.7 Å². The van der Waals surface area contributed by atoms with Crippen LogP contribution >= 0.6 is 0 Å². The number of carbonyl (C=O) groups excluding carboxylic acids is 1. The Kier molecular flexibility index (Phi) is 6.27. The lowest BCUT2D eigenvalue weighted by atomic mass is 9.85. The summed E-state index contributed by atoms with van der Waals surface area (Å²) in [5, 5.41) is 36.3. The molecule has 0 heterocycles. The number of carbonyl (C=O) groups is 1. The van der Waals surface area contributed by atoms with Crippen molar-refractivity contribution in [2.24, 2.45) is 5.10 Å². The third-order valence-electron chi connectivity index (χ3n) is 4.61. The number of phenolic OH excluding ortho intramolecular Hbond substituents is 1. The smallest absolute Gasteiger partial charge is 0.315 e. The van der Waals surface area contributed by atoms with Crippen molar-refractivity contribution in [3.05, 3.63) is 99.6 Å². The Morgan fingerprint density at radius 3 is 2.13 bits per heavy atom. The van der Waals surface area contributed by atoms with E-state index in [1.165, 1.54) is 13.2 Å². The third-order valence-corrected chi connectivity index (χ3v) is 4.61. The molecule has 1 amide bonds. The number of nitro groups is 1. The lowest BCUT2D eigenvalue weighted by molar-refractivity contribution is -0.385. The first kappa shape index (κ1) is 21.5. The molecular formula is C22H19N3O6. The minimum Gasteiger partial charge on any atom is -0.502 e. The zero-order chi connectivity index (χ0) is 22.4. The van der Waals surface area contributed by atoms with Crippen molar-refractivity contribution in [2.75, 3.05) is 7.11 Å². The van der Waals surface area contributed by atoms with Crippen LogP contribution in [0.3, 0.4) is 0 Å². The van der Waals surface area contributed by atoms with Gasteiger partial charge in [-0.3, -0.25) is 14.9 Å². The largest absolute Gasteiger partial charge is 0.502 e. The molecule has 0 aliphatic heterocycles. The molecule has 0 atom stereocenters. The number of ether oxygens (including phenoxy) is 1. The van der Waals surface area contributed by atoms with Gasteiger partial charge in [0.15, 0.2) is 5.60 Å². The van der Waals surface area contributed by atoms with Crippen molar-refractivity contribution in [1.29, 1.82) is 0 Å². The molecule has 0 radical (unpaired) electrons. The molecule has 0 saturated carbocycles. The minimum atomic E-state index is -2.04. The molecule has 3 aromatic rings. The summed E-state index contributed by atoms with van der Waals surface area (Å²) in [4.78, 5) is 23.3. The highest BCUT2D eigenvalue weighted by Gasteiger charge is 2.39. The number of methoxy groups -OCH3 is 1. The molecule has 9 heteroatoms. The number of aliphatic hydroxyl groups is 1. The van der Waals surface area contributed by atoms with Gasteiger partial charge in [-0.05, 0) is 17.2 Å². The van der Waals surface area contributed by atoms with Gasteiger partial charge in [-0.15, -0.1) is 0 Å². The van der Waals surface area contributed by atoms with Crippen LogP contribution in [0.1, 0.15) is 16.7 Å². The van der Waals surface area contributed by atoms with Crippen LogP contribution in [0.5, 0.6) is 11.5 Å². The van der Waals surface area contributed by atoms with E-state index in [2.05, 4.69) is 10.5 Å². The summed E-state index contributed by atoms with van der Waals surface area (Å²) in [5.41, 5.74) is 0.238. The van der Waals surface area contributed by atoms with Crippen LogP contribution in [-0.2, 0) is 10.4 Å². The second kappa shape index (κ2) is 9.06. The first-order chi connectivity index (χ1) is 14.9. The topological polar surface area (TPSA) is 134 Å². The van der Waals surface area contributed by atoms with Gasteiger partial charge in [0.25, 0.3) is 5.91 Å². The summed E-state index contributed by atoms with van der Waals surface area (Å²) >= 11 is 0. The van der Waals surface area contributed by atoms with Crippen LogP contribution in [0.25, 0.3) is 0 Å². The molecular weight excluding hydrogens is 402 g/mol. The molecule has 158 valence electrons. The van der Waals surface area contributed by atoms with Crippen LogP contribution in [0.4, 0.5) is 5.69 Å². The van der Waals surface area contributed by atoms with Gasteiger partial charge in [0, 0.05) is 5.56 Å². The van der Waals surface area contributed by atoms with Gasteiger partial charge in [0.2, 0.25) is 5.75 Å². The van der Waals surface area contributed by atoms with Gasteiger partial charge in [-0.2, -0.15) is 5.10 Å². The molecule has 0 unspecified atom stereocenters. The van der Waals surface area contributed by atoms with E-state index in [9.17, 15) is 25.1 Å². The van der Waals surface area contributed by atoms with Gasteiger partial charge >= 0.3 is 5.69 Å². The standard InChI is InChI=1S/C22H19N3O6/c1-31-18-12-15(20(26)19(13-18)25(29)30)14-23-24-21(27)22(28,16-8-4-2-5-9-16)17-10-6-3-7-11-17/h2-14,26,28H,1H3,(H,24,27)/b23-14-. The second-order valence-electron chi connectivity index (χ2n) is 6.48. The Bertz CT molecular complexity index is 1080. The Morgan fingerprint density at radius 1 is 1.10 bits per heavy atom. The molecule has 3 N–H and O–H groups in total. The zero-order valence-corrected chi connectivity index (χ0v) is 16.4. The number of benzene rings is 3. The number of rotatable bonds is 7. The number of nitrogens with zero attached hydrogens (tertiary/aromatic N) is 2. The average Bonchev–Trinajstić information content (AvgIpc) is 2.80. The summed E-state index contributed by atoms with van der Waals surface area (Å²) < 4.78 is 4.99.